The van der Waals surface area contributed by atoms with Crippen LogP contribution in [-0.4, -0.2) is 25.7 Å². The van der Waals surface area contributed by atoms with Crippen LogP contribution in [0.2, 0.25) is 0 Å². The highest BCUT2D eigenvalue weighted by atomic mass is 32.1. The third kappa shape index (κ3) is 3.25. The van der Waals surface area contributed by atoms with Crippen LogP contribution >= 0.6 is 11.3 Å². The first-order valence-corrected chi connectivity index (χ1v) is 10.5. The zero-order valence-electron chi connectivity index (χ0n) is 16.5. The molecule has 8 heteroatoms. The van der Waals surface area contributed by atoms with Crippen LogP contribution in [0.3, 0.4) is 0 Å². The third-order valence-corrected chi connectivity index (χ3v) is 5.85. The Kier molecular flexibility index (Phi) is 4.55. The number of rotatable bonds is 5. The number of nitrogens with one attached hydrogen (secondary N) is 1. The molecule has 4 aromatic heterocycles. The van der Waals surface area contributed by atoms with Gasteiger partial charge in [0.25, 0.3) is 5.91 Å². The van der Waals surface area contributed by atoms with Crippen molar-refractivity contribution in [1.29, 1.82) is 0 Å². The molecule has 0 spiro atoms. The van der Waals surface area contributed by atoms with Gasteiger partial charge >= 0.3 is 0 Å². The van der Waals surface area contributed by atoms with E-state index in [0.29, 0.717) is 34.6 Å². The second-order valence-electron chi connectivity index (χ2n) is 7.21. The second kappa shape index (κ2) is 7.38. The predicted molar refractivity (Wildman–Crippen MR) is 116 cm³/mol. The lowest BCUT2D eigenvalue weighted by atomic mass is 10.1. The van der Waals surface area contributed by atoms with Crippen LogP contribution in [0, 0.1) is 0 Å². The fourth-order valence-electron chi connectivity index (χ4n) is 3.38. The molecule has 0 aliphatic carbocycles. The Morgan fingerprint density at radius 3 is 2.83 bits per heavy atom. The number of amides is 1. The average Bonchev–Trinajstić information content (AvgIpc) is 3.49. The van der Waals surface area contributed by atoms with E-state index in [4.69, 9.17) is 9.40 Å². The van der Waals surface area contributed by atoms with Gasteiger partial charge < -0.3 is 9.73 Å². The number of furan rings is 1. The van der Waals surface area contributed by atoms with Crippen molar-refractivity contribution in [2.24, 2.45) is 0 Å². The molecule has 0 aliphatic heterocycles. The Bertz CT molecular complexity index is 1320. The first-order chi connectivity index (χ1) is 14.6. The smallest absolute Gasteiger partial charge is 0.252 e. The molecule has 0 atom stereocenters. The lowest BCUT2D eigenvalue weighted by Crippen LogP contribution is -2.23. The number of pyridine rings is 1. The highest BCUT2D eigenvalue weighted by Gasteiger charge is 2.19. The van der Waals surface area contributed by atoms with E-state index in [0.717, 1.165) is 15.2 Å². The Hall–Kier alpha value is -3.52. The third-order valence-electron chi connectivity index (χ3n) is 4.81. The standard InChI is InChI=1S/C22H19N5O2S/c1-13(2)27-21-15(11-24-27)14(10-17(26-21)18-7-5-9-29-18)22(28)23-12-20-25-16-6-3-4-8-19(16)30-20/h3-11,13H,12H2,1-2H3,(H,23,28). The van der Waals surface area contributed by atoms with E-state index in [1.807, 2.05) is 48.9 Å². The molecular weight excluding hydrogens is 398 g/mol. The fraction of sp³-hybridized carbons (Fsp3) is 0.182. The summed E-state index contributed by atoms with van der Waals surface area (Å²) in [7, 11) is 0. The quantitative estimate of drug-likeness (QED) is 0.443. The van der Waals surface area contributed by atoms with Crippen molar-refractivity contribution in [3.63, 3.8) is 0 Å². The summed E-state index contributed by atoms with van der Waals surface area (Å²) in [4.78, 5) is 22.4. The van der Waals surface area contributed by atoms with Gasteiger partial charge in [-0.25, -0.2) is 14.6 Å². The van der Waals surface area contributed by atoms with Crippen molar-refractivity contribution < 1.29 is 9.21 Å². The molecule has 0 unspecified atom stereocenters. The van der Waals surface area contributed by atoms with E-state index in [9.17, 15) is 4.79 Å². The van der Waals surface area contributed by atoms with Crippen LogP contribution in [0.5, 0.6) is 0 Å². The molecule has 1 N–H and O–H groups in total. The number of hydrogen-bond donors (Lipinski definition) is 1. The summed E-state index contributed by atoms with van der Waals surface area (Å²) in [5.74, 6) is 0.409. The van der Waals surface area contributed by atoms with Crippen LogP contribution in [0.15, 0.2) is 59.3 Å². The summed E-state index contributed by atoms with van der Waals surface area (Å²) in [6, 6.07) is 13.4. The largest absolute Gasteiger partial charge is 0.463 e. The Morgan fingerprint density at radius 2 is 2.07 bits per heavy atom. The Morgan fingerprint density at radius 1 is 1.20 bits per heavy atom. The molecule has 5 aromatic rings. The Labute approximate surface area is 176 Å². The number of carbonyl (C=O) groups is 1. The van der Waals surface area contributed by atoms with E-state index in [1.165, 1.54) is 0 Å². The molecule has 4 heterocycles. The van der Waals surface area contributed by atoms with Gasteiger partial charge in [-0.2, -0.15) is 5.10 Å². The SMILES string of the molecule is CC(C)n1ncc2c(C(=O)NCc3nc4ccccc4s3)cc(-c3ccco3)nc21. The van der Waals surface area contributed by atoms with Crippen molar-refractivity contribution in [2.45, 2.75) is 26.4 Å². The monoisotopic (exact) mass is 417 g/mol. The number of thiazole rings is 1. The number of para-hydroxylation sites is 1. The number of benzene rings is 1. The number of aromatic nitrogens is 4. The molecule has 0 aliphatic rings. The van der Waals surface area contributed by atoms with Crippen LogP contribution in [0.25, 0.3) is 32.7 Å². The maximum Gasteiger partial charge on any atom is 0.252 e. The van der Waals surface area contributed by atoms with Crippen molar-refractivity contribution in [2.75, 3.05) is 0 Å². The molecule has 0 radical (unpaired) electrons. The molecule has 1 aromatic carbocycles. The van der Waals surface area contributed by atoms with Crippen LogP contribution < -0.4 is 5.32 Å². The zero-order valence-corrected chi connectivity index (χ0v) is 17.3. The summed E-state index contributed by atoms with van der Waals surface area (Å²) in [6.45, 7) is 4.41. The number of nitrogens with zero attached hydrogens (tertiary/aromatic N) is 4. The molecular formula is C22H19N5O2S. The van der Waals surface area contributed by atoms with Gasteiger partial charge in [0.2, 0.25) is 0 Å². The normalized spacial score (nSPS) is 11.6. The minimum absolute atomic E-state index is 0.112. The summed E-state index contributed by atoms with van der Waals surface area (Å²) >= 11 is 1.58. The summed E-state index contributed by atoms with van der Waals surface area (Å²) in [5.41, 5.74) is 2.71. The molecule has 0 saturated heterocycles. The van der Waals surface area contributed by atoms with E-state index in [1.54, 1.807) is 35.9 Å². The lowest BCUT2D eigenvalue weighted by Gasteiger charge is -2.10. The van der Waals surface area contributed by atoms with Crippen molar-refractivity contribution in [3.05, 3.63) is 65.5 Å². The summed E-state index contributed by atoms with van der Waals surface area (Å²) in [6.07, 6.45) is 3.29. The molecule has 0 saturated carbocycles. The lowest BCUT2D eigenvalue weighted by molar-refractivity contribution is 0.0952. The van der Waals surface area contributed by atoms with E-state index in [-0.39, 0.29) is 11.9 Å². The fourth-order valence-corrected chi connectivity index (χ4v) is 4.29. The van der Waals surface area contributed by atoms with Gasteiger partial charge in [0.1, 0.15) is 10.7 Å². The average molecular weight is 417 g/mol. The summed E-state index contributed by atoms with van der Waals surface area (Å²) < 4.78 is 8.43. The predicted octanol–water partition coefficient (Wildman–Crippen LogP) is 4.81. The molecule has 0 fully saturated rings. The van der Waals surface area contributed by atoms with Gasteiger partial charge in [-0.1, -0.05) is 12.1 Å². The molecule has 1 amide bonds. The van der Waals surface area contributed by atoms with Crippen LogP contribution in [0.4, 0.5) is 0 Å². The Balaban J connectivity index is 1.50. The van der Waals surface area contributed by atoms with Gasteiger partial charge in [0, 0.05) is 6.04 Å². The van der Waals surface area contributed by atoms with E-state index < -0.39 is 0 Å². The van der Waals surface area contributed by atoms with Crippen molar-refractivity contribution in [1.82, 2.24) is 25.1 Å². The first kappa shape index (κ1) is 18.5. The van der Waals surface area contributed by atoms with Gasteiger partial charge in [0.05, 0.1) is 40.2 Å². The van der Waals surface area contributed by atoms with E-state index >= 15 is 0 Å². The maximum absolute atomic E-state index is 13.1. The molecule has 150 valence electrons. The second-order valence-corrected chi connectivity index (χ2v) is 8.33. The van der Waals surface area contributed by atoms with Gasteiger partial charge in [-0.3, -0.25) is 4.79 Å². The van der Waals surface area contributed by atoms with Crippen LogP contribution in [0.1, 0.15) is 35.3 Å². The van der Waals surface area contributed by atoms with Crippen molar-refractivity contribution >= 4 is 38.5 Å². The highest BCUT2D eigenvalue weighted by Crippen LogP contribution is 2.27. The minimum atomic E-state index is -0.197. The molecule has 7 nitrogen and oxygen atoms in total. The minimum Gasteiger partial charge on any atom is -0.463 e. The highest BCUT2D eigenvalue weighted by molar-refractivity contribution is 7.18. The molecule has 0 bridgehead atoms. The number of hydrogen-bond acceptors (Lipinski definition) is 6. The van der Waals surface area contributed by atoms with Gasteiger partial charge in [-0.05, 0) is 44.2 Å². The van der Waals surface area contributed by atoms with Crippen molar-refractivity contribution in [3.8, 4) is 11.5 Å². The van der Waals surface area contributed by atoms with Gasteiger partial charge in [-0.15, -0.1) is 11.3 Å². The number of carbonyl (C=O) groups excluding carboxylic acids is 1. The van der Waals surface area contributed by atoms with Crippen LogP contribution in [-0.2, 0) is 6.54 Å². The summed E-state index contributed by atoms with van der Waals surface area (Å²) in [5, 5.41) is 9.00. The topological polar surface area (TPSA) is 85.8 Å². The molecule has 5 rings (SSSR count). The first-order valence-electron chi connectivity index (χ1n) is 9.65. The molecule has 30 heavy (non-hydrogen) atoms. The zero-order chi connectivity index (χ0) is 20.7. The maximum atomic E-state index is 13.1. The van der Waals surface area contributed by atoms with E-state index in [2.05, 4.69) is 15.4 Å². The van der Waals surface area contributed by atoms with Gasteiger partial charge in [0.15, 0.2) is 11.4 Å². The number of fused-ring (bicyclic) bond motifs is 2.